The smallest absolute Gasteiger partial charge is 0.157 e. The van der Waals surface area contributed by atoms with Gasteiger partial charge in [0.05, 0.1) is 17.9 Å². The van der Waals surface area contributed by atoms with Gasteiger partial charge in [0.25, 0.3) is 0 Å². The lowest BCUT2D eigenvalue weighted by atomic mass is 10.1. The first kappa shape index (κ1) is 13.5. The van der Waals surface area contributed by atoms with E-state index in [0.29, 0.717) is 12.2 Å². The van der Waals surface area contributed by atoms with Crippen LogP contribution in [0.2, 0.25) is 0 Å². The average molecular weight is 274 g/mol. The van der Waals surface area contributed by atoms with Crippen LogP contribution in [0.15, 0.2) is 12.3 Å². The Morgan fingerprint density at radius 3 is 2.70 bits per heavy atom. The summed E-state index contributed by atoms with van der Waals surface area (Å²) < 4.78 is 7.62. The summed E-state index contributed by atoms with van der Waals surface area (Å²) in [5.74, 6) is 0. The predicted molar refractivity (Wildman–Crippen MR) is 78.5 cm³/mol. The molecule has 20 heavy (non-hydrogen) atoms. The second kappa shape index (κ2) is 5.14. The summed E-state index contributed by atoms with van der Waals surface area (Å²) in [5.41, 5.74) is 3.24. The zero-order valence-corrected chi connectivity index (χ0v) is 12.6. The van der Waals surface area contributed by atoms with E-state index in [-0.39, 0.29) is 0 Å². The normalized spacial score (nSPS) is 24.4. The lowest BCUT2D eigenvalue weighted by Gasteiger charge is -2.35. The molecule has 0 aliphatic carbocycles. The lowest BCUT2D eigenvalue weighted by molar-refractivity contribution is -0.0705. The van der Waals surface area contributed by atoms with Crippen LogP contribution in [0.1, 0.15) is 25.1 Å². The molecule has 0 amide bonds. The van der Waals surface area contributed by atoms with E-state index >= 15 is 0 Å². The van der Waals surface area contributed by atoms with E-state index < -0.39 is 0 Å². The van der Waals surface area contributed by atoms with E-state index in [1.54, 1.807) is 0 Å². The Morgan fingerprint density at radius 2 is 2.00 bits per heavy atom. The van der Waals surface area contributed by atoms with Crippen LogP contribution in [0.4, 0.5) is 0 Å². The van der Waals surface area contributed by atoms with E-state index in [1.165, 1.54) is 5.56 Å². The van der Waals surface area contributed by atoms with Crippen LogP contribution in [-0.4, -0.2) is 45.0 Å². The monoisotopic (exact) mass is 274 g/mol. The van der Waals surface area contributed by atoms with Gasteiger partial charge in [-0.05, 0) is 32.4 Å². The third-order valence-corrected chi connectivity index (χ3v) is 3.82. The van der Waals surface area contributed by atoms with E-state index in [4.69, 9.17) is 4.74 Å². The van der Waals surface area contributed by atoms with Crippen LogP contribution in [-0.2, 0) is 18.3 Å². The number of fused-ring (bicyclic) bond motifs is 1. The molecule has 1 fully saturated rings. The van der Waals surface area contributed by atoms with Crippen molar-refractivity contribution in [1.29, 1.82) is 0 Å². The fraction of sp³-hybridized carbons (Fsp3) is 0.600. The van der Waals surface area contributed by atoms with Gasteiger partial charge in [0.15, 0.2) is 5.65 Å². The molecule has 5 nitrogen and oxygen atoms in total. The molecular formula is C15H22N4O. The Balaban J connectivity index is 1.82. The Hall–Kier alpha value is -1.46. The van der Waals surface area contributed by atoms with Crippen molar-refractivity contribution in [2.75, 3.05) is 13.1 Å². The summed E-state index contributed by atoms with van der Waals surface area (Å²) in [6, 6.07) is 2.22. The number of rotatable bonds is 2. The van der Waals surface area contributed by atoms with Crippen LogP contribution >= 0.6 is 0 Å². The number of ether oxygens (including phenoxy) is 1. The molecule has 0 N–H and O–H groups in total. The number of aromatic nitrogens is 3. The predicted octanol–water partition coefficient (Wildman–Crippen LogP) is 1.89. The molecule has 0 bridgehead atoms. The lowest BCUT2D eigenvalue weighted by Crippen LogP contribution is -2.44. The molecule has 3 heterocycles. The van der Waals surface area contributed by atoms with Crippen molar-refractivity contribution in [3.63, 3.8) is 0 Å². The Bertz CT molecular complexity index is 612. The van der Waals surface area contributed by atoms with Gasteiger partial charge in [-0.1, -0.05) is 0 Å². The van der Waals surface area contributed by atoms with Gasteiger partial charge in [-0.2, -0.15) is 5.10 Å². The number of nitrogens with zero attached hydrogens (tertiary/aromatic N) is 4. The third-order valence-electron chi connectivity index (χ3n) is 3.82. The van der Waals surface area contributed by atoms with Crippen molar-refractivity contribution in [2.24, 2.45) is 7.05 Å². The zero-order valence-electron chi connectivity index (χ0n) is 12.6. The molecule has 0 spiro atoms. The summed E-state index contributed by atoms with van der Waals surface area (Å²) in [6.45, 7) is 9.19. The van der Waals surface area contributed by atoms with Crippen LogP contribution in [0.3, 0.4) is 0 Å². The molecule has 3 rings (SSSR count). The zero-order chi connectivity index (χ0) is 14.3. The number of pyridine rings is 1. The van der Waals surface area contributed by atoms with Crippen molar-refractivity contribution >= 4 is 11.0 Å². The van der Waals surface area contributed by atoms with Crippen molar-refractivity contribution < 1.29 is 4.74 Å². The van der Waals surface area contributed by atoms with Crippen LogP contribution in [0.25, 0.3) is 11.0 Å². The summed E-state index contributed by atoms with van der Waals surface area (Å²) >= 11 is 0. The van der Waals surface area contributed by atoms with Crippen LogP contribution in [0, 0.1) is 6.92 Å². The third kappa shape index (κ3) is 2.55. The highest BCUT2D eigenvalue weighted by Gasteiger charge is 2.22. The minimum Gasteiger partial charge on any atom is -0.373 e. The topological polar surface area (TPSA) is 43.2 Å². The number of hydrogen-bond acceptors (Lipinski definition) is 4. The highest BCUT2D eigenvalue weighted by Crippen LogP contribution is 2.19. The quantitative estimate of drug-likeness (QED) is 0.838. The molecule has 2 atom stereocenters. The van der Waals surface area contributed by atoms with Crippen molar-refractivity contribution in [3.8, 4) is 0 Å². The number of morpholine rings is 1. The molecule has 0 saturated carbocycles. The first-order valence-corrected chi connectivity index (χ1v) is 7.19. The first-order valence-electron chi connectivity index (χ1n) is 7.19. The molecule has 1 aliphatic rings. The minimum atomic E-state index is 0.301. The van der Waals surface area contributed by atoms with Crippen molar-refractivity contribution in [2.45, 2.75) is 39.5 Å². The molecule has 0 radical (unpaired) electrons. The van der Waals surface area contributed by atoms with Crippen LogP contribution < -0.4 is 0 Å². The molecule has 108 valence electrons. The fourth-order valence-electron chi connectivity index (χ4n) is 3.11. The molecule has 2 aromatic rings. The van der Waals surface area contributed by atoms with Gasteiger partial charge in [-0.15, -0.1) is 0 Å². The second-order valence-electron chi connectivity index (χ2n) is 5.88. The van der Waals surface area contributed by atoms with Gasteiger partial charge in [0, 0.05) is 38.3 Å². The Morgan fingerprint density at radius 1 is 1.30 bits per heavy atom. The maximum absolute atomic E-state index is 5.78. The van der Waals surface area contributed by atoms with Gasteiger partial charge in [0.2, 0.25) is 0 Å². The van der Waals surface area contributed by atoms with Gasteiger partial charge in [0.1, 0.15) is 0 Å². The second-order valence-corrected chi connectivity index (χ2v) is 5.88. The minimum absolute atomic E-state index is 0.301. The highest BCUT2D eigenvalue weighted by molar-refractivity contribution is 5.78. The molecule has 1 aliphatic heterocycles. The molecule has 1 saturated heterocycles. The fourth-order valence-corrected chi connectivity index (χ4v) is 3.11. The molecule has 2 aromatic heterocycles. The van der Waals surface area contributed by atoms with E-state index in [9.17, 15) is 0 Å². The number of aryl methyl sites for hydroxylation is 2. The average Bonchev–Trinajstić information content (AvgIpc) is 2.63. The Kier molecular flexibility index (Phi) is 3.48. The van der Waals surface area contributed by atoms with Crippen LogP contribution in [0.5, 0.6) is 0 Å². The van der Waals surface area contributed by atoms with Gasteiger partial charge in [-0.3, -0.25) is 9.58 Å². The van der Waals surface area contributed by atoms with Gasteiger partial charge >= 0.3 is 0 Å². The van der Waals surface area contributed by atoms with Crippen molar-refractivity contribution in [1.82, 2.24) is 19.7 Å². The van der Waals surface area contributed by atoms with Crippen molar-refractivity contribution in [3.05, 3.63) is 23.5 Å². The first-order chi connectivity index (χ1) is 9.52. The summed E-state index contributed by atoms with van der Waals surface area (Å²) in [7, 11) is 1.94. The van der Waals surface area contributed by atoms with Gasteiger partial charge in [-0.25, -0.2) is 4.98 Å². The maximum atomic E-state index is 5.78. The SMILES string of the molecule is Cc1nn(C)c2ncc(CN3C[C@@H](C)O[C@H](C)C3)cc12. The summed E-state index contributed by atoms with van der Waals surface area (Å²) in [5, 5.41) is 5.57. The van der Waals surface area contributed by atoms with E-state index in [2.05, 4.69) is 34.9 Å². The summed E-state index contributed by atoms with van der Waals surface area (Å²) in [4.78, 5) is 6.99. The largest absolute Gasteiger partial charge is 0.373 e. The molecular weight excluding hydrogens is 252 g/mol. The highest BCUT2D eigenvalue weighted by atomic mass is 16.5. The molecule has 0 unspecified atom stereocenters. The number of hydrogen-bond donors (Lipinski definition) is 0. The van der Waals surface area contributed by atoms with E-state index in [0.717, 1.165) is 36.4 Å². The summed E-state index contributed by atoms with van der Waals surface area (Å²) in [6.07, 6.45) is 2.57. The maximum Gasteiger partial charge on any atom is 0.157 e. The molecule has 5 heteroatoms. The van der Waals surface area contributed by atoms with Gasteiger partial charge < -0.3 is 4.74 Å². The molecule has 0 aromatic carbocycles. The Labute approximate surface area is 119 Å². The standard InChI is InChI=1S/C15H22N4O/c1-10-7-19(8-11(2)20-10)9-13-5-14-12(3)17-18(4)15(14)16-6-13/h5-6,10-11H,7-9H2,1-4H3/t10-,11-/m1/s1. The van der Waals surface area contributed by atoms with E-state index in [1.807, 2.05) is 24.9 Å².